The molecule has 0 spiro atoms. The van der Waals surface area contributed by atoms with Gasteiger partial charge in [0.25, 0.3) is 0 Å². The Labute approximate surface area is 81.8 Å². The van der Waals surface area contributed by atoms with E-state index in [1.54, 1.807) is 0 Å². The Balaban J connectivity index is 3.66. The van der Waals surface area contributed by atoms with Crippen molar-refractivity contribution in [2.24, 2.45) is 16.6 Å². The zero-order chi connectivity index (χ0) is 10.1. The number of nitrogens with two attached hydrogens (primary N) is 1. The molecular formula is C10H23N3. The van der Waals surface area contributed by atoms with Crippen molar-refractivity contribution in [3.63, 3.8) is 0 Å². The monoisotopic (exact) mass is 185 g/mol. The molecule has 0 aromatic rings. The summed E-state index contributed by atoms with van der Waals surface area (Å²) in [7, 11) is 0. The van der Waals surface area contributed by atoms with Crippen LogP contribution in [0.15, 0.2) is 4.99 Å². The number of guanidine groups is 1. The number of aliphatic imine (C=N–C) groups is 1. The van der Waals surface area contributed by atoms with Crippen LogP contribution in [0.3, 0.4) is 0 Å². The molecule has 0 aliphatic rings. The summed E-state index contributed by atoms with van der Waals surface area (Å²) in [5.41, 5.74) is 5.66. The summed E-state index contributed by atoms with van der Waals surface area (Å²) < 4.78 is 0. The Bertz CT molecular complexity index is 139. The Hall–Kier alpha value is -0.730. The van der Waals surface area contributed by atoms with Crippen molar-refractivity contribution >= 4 is 5.96 Å². The van der Waals surface area contributed by atoms with E-state index in [4.69, 9.17) is 5.73 Å². The fourth-order valence-electron chi connectivity index (χ4n) is 1.08. The van der Waals surface area contributed by atoms with E-state index in [2.05, 4.69) is 31.1 Å². The van der Waals surface area contributed by atoms with E-state index in [0.29, 0.717) is 11.9 Å². The highest BCUT2D eigenvalue weighted by atomic mass is 15.1. The van der Waals surface area contributed by atoms with Crippen LogP contribution in [0.2, 0.25) is 0 Å². The first-order valence-electron chi connectivity index (χ1n) is 5.28. The second kappa shape index (κ2) is 7.90. The highest BCUT2D eigenvalue weighted by Crippen LogP contribution is 2.06. The first kappa shape index (κ1) is 12.3. The van der Waals surface area contributed by atoms with Crippen LogP contribution < -0.4 is 11.1 Å². The van der Waals surface area contributed by atoms with Crippen LogP contribution in [-0.2, 0) is 0 Å². The van der Waals surface area contributed by atoms with Crippen molar-refractivity contribution in [3.05, 3.63) is 0 Å². The fraction of sp³-hybridized carbons (Fsp3) is 0.900. The lowest BCUT2D eigenvalue weighted by atomic mass is 10.0. The van der Waals surface area contributed by atoms with Crippen molar-refractivity contribution in [3.8, 4) is 0 Å². The third kappa shape index (κ3) is 6.43. The molecule has 0 fully saturated rings. The van der Waals surface area contributed by atoms with Crippen LogP contribution in [-0.4, -0.2) is 19.0 Å². The molecule has 0 rings (SSSR count). The highest BCUT2D eigenvalue weighted by molar-refractivity contribution is 5.77. The fourth-order valence-corrected chi connectivity index (χ4v) is 1.08. The Morgan fingerprint density at radius 2 is 1.92 bits per heavy atom. The molecule has 3 nitrogen and oxygen atoms in total. The maximum absolute atomic E-state index is 5.66. The van der Waals surface area contributed by atoms with E-state index in [-0.39, 0.29) is 0 Å². The SMILES string of the molecule is CCCNC(N)=NCC(CC)CC. The molecular weight excluding hydrogens is 162 g/mol. The third-order valence-electron chi connectivity index (χ3n) is 2.23. The normalized spacial score (nSPS) is 12.2. The summed E-state index contributed by atoms with van der Waals surface area (Å²) >= 11 is 0. The standard InChI is InChI=1S/C10H23N3/c1-4-7-12-10(11)13-8-9(5-2)6-3/h9H,4-8H2,1-3H3,(H3,11,12,13). The van der Waals surface area contributed by atoms with E-state index in [1.165, 1.54) is 12.8 Å². The van der Waals surface area contributed by atoms with Crippen molar-refractivity contribution in [2.75, 3.05) is 13.1 Å². The molecule has 0 aliphatic heterocycles. The van der Waals surface area contributed by atoms with E-state index >= 15 is 0 Å². The van der Waals surface area contributed by atoms with Gasteiger partial charge in [0.05, 0.1) is 0 Å². The lowest BCUT2D eigenvalue weighted by Gasteiger charge is -2.09. The average Bonchev–Trinajstić information content (AvgIpc) is 2.16. The number of rotatable bonds is 6. The lowest BCUT2D eigenvalue weighted by Crippen LogP contribution is -2.32. The molecule has 0 atom stereocenters. The van der Waals surface area contributed by atoms with Gasteiger partial charge in [0.1, 0.15) is 0 Å². The molecule has 78 valence electrons. The first-order chi connectivity index (χ1) is 6.24. The van der Waals surface area contributed by atoms with Gasteiger partial charge >= 0.3 is 0 Å². The maximum atomic E-state index is 5.66. The van der Waals surface area contributed by atoms with Gasteiger partial charge in [-0.1, -0.05) is 33.6 Å². The molecule has 13 heavy (non-hydrogen) atoms. The summed E-state index contributed by atoms with van der Waals surface area (Å²) in [6.07, 6.45) is 3.45. The van der Waals surface area contributed by atoms with Crippen LogP contribution in [0.1, 0.15) is 40.0 Å². The van der Waals surface area contributed by atoms with Gasteiger partial charge in [-0.25, -0.2) is 0 Å². The largest absolute Gasteiger partial charge is 0.370 e. The van der Waals surface area contributed by atoms with E-state index < -0.39 is 0 Å². The van der Waals surface area contributed by atoms with E-state index in [0.717, 1.165) is 19.5 Å². The number of nitrogens with one attached hydrogen (secondary N) is 1. The van der Waals surface area contributed by atoms with Gasteiger partial charge < -0.3 is 11.1 Å². The molecule has 0 aliphatic carbocycles. The van der Waals surface area contributed by atoms with Crippen LogP contribution in [0.5, 0.6) is 0 Å². The molecule has 3 heteroatoms. The highest BCUT2D eigenvalue weighted by Gasteiger charge is 2.01. The topological polar surface area (TPSA) is 50.4 Å². The molecule has 3 N–H and O–H groups in total. The molecule has 0 aromatic carbocycles. The van der Waals surface area contributed by atoms with Crippen LogP contribution in [0.4, 0.5) is 0 Å². The Kier molecular flexibility index (Phi) is 7.45. The number of hydrogen-bond donors (Lipinski definition) is 2. The van der Waals surface area contributed by atoms with Gasteiger partial charge in [0.15, 0.2) is 5.96 Å². The van der Waals surface area contributed by atoms with Crippen LogP contribution in [0, 0.1) is 5.92 Å². The number of hydrogen-bond acceptors (Lipinski definition) is 1. The van der Waals surface area contributed by atoms with Crippen molar-refractivity contribution in [1.29, 1.82) is 0 Å². The Morgan fingerprint density at radius 3 is 2.38 bits per heavy atom. The zero-order valence-corrected chi connectivity index (χ0v) is 9.14. The van der Waals surface area contributed by atoms with Crippen molar-refractivity contribution in [1.82, 2.24) is 5.32 Å². The zero-order valence-electron chi connectivity index (χ0n) is 9.14. The van der Waals surface area contributed by atoms with E-state index in [9.17, 15) is 0 Å². The van der Waals surface area contributed by atoms with Gasteiger partial charge in [0.2, 0.25) is 0 Å². The molecule has 0 unspecified atom stereocenters. The van der Waals surface area contributed by atoms with Gasteiger partial charge in [-0.3, -0.25) is 4.99 Å². The minimum absolute atomic E-state index is 0.591. The second-order valence-corrected chi connectivity index (χ2v) is 3.34. The summed E-state index contributed by atoms with van der Waals surface area (Å²) in [5, 5.41) is 3.06. The minimum atomic E-state index is 0.591. The average molecular weight is 185 g/mol. The smallest absolute Gasteiger partial charge is 0.188 e. The van der Waals surface area contributed by atoms with Gasteiger partial charge in [-0.15, -0.1) is 0 Å². The predicted molar refractivity (Wildman–Crippen MR) is 58.9 cm³/mol. The summed E-state index contributed by atoms with van der Waals surface area (Å²) in [4.78, 5) is 4.29. The Morgan fingerprint density at radius 1 is 1.31 bits per heavy atom. The van der Waals surface area contributed by atoms with Crippen LogP contribution in [0.25, 0.3) is 0 Å². The summed E-state index contributed by atoms with van der Waals surface area (Å²) in [6, 6.07) is 0. The molecule has 0 heterocycles. The maximum Gasteiger partial charge on any atom is 0.188 e. The van der Waals surface area contributed by atoms with Crippen LogP contribution >= 0.6 is 0 Å². The van der Waals surface area contributed by atoms with E-state index in [1.807, 2.05) is 0 Å². The predicted octanol–water partition coefficient (Wildman–Crippen LogP) is 1.74. The third-order valence-corrected chi connectivity index (χ3v) is 2.23. The number of nitrogens with zero attached hydrogens (tertiary/aromatic N) is 1. The summed E-state index contributed by atoms with van der Waals surface area (Å²) in [6.45, 7) is 8.27. The van der Waals surface area contributed by atoms with Gasteiger partial charge in [-0.2, -0.15) is 0 Å². The quantitative estimate of drug-likeness (QED) is 0.489. The second-order valence-electron chi connectivity index (χ2n) is 3.34. The van der Waals surface area contributed by atoms with Gasteiger partial charge in [0, 0.05) is 13.1 Å². The molecule has 0 amide bonds. The molecule has 0 saturated heterocycles. The molecule has 0 saturated carbocycles. The molecule has 0 bridgehead atoms. The first-order valence-corrected chi connectivity index (χ1v) is 5.28. The van der Waals surface area contributed by atoms with Crippen molar-refractivity contribution in [2.45, 2.75) is 40.0 Å². The van der Waals surface area contributed by atoms with Crippen molar-refractivity contribution < 1.29 is 0 Å². The molecule has 0 aromatic heterocycles. The minimum Gasteiger partial charge on any atom is -0.370 e. The summed E-state index contributed by atoms with van der Waals surface area (Å²) in [5.74, 6) is 1.27. The van der Waals surface area contributed by atoms with Gasteiger partial charge in [-0.05, 0) is 12.3 Å². The molecule has 0 radical (unpaired) electrons. The lowest BCUT2D eigenvalue weighted by molar-refractivity contribution is 0.505.